The van der Waals surface area contributed by atoms with E-state index >= 15 is 0 Å². The average Bonchev–Trinajstić information content (AvgIpc) is 2.54. The largest absolute Gasteiger partial charge is 0.781 e. The van der Waals surface area contributed by atoms with Crippen LogP contribution in [-0.4, -0.2) is 26.0 Å². The van der Waals surface area contributed by atoms with E-state index in [-0.39, 0.29) is 31.6 Å². The van der Waals surface area contributed by atoms with Gasteiger partial charge >= 0.3 is 11.9 Å². The van der Waals surface area contributed by atoms with Crippen molar-refractivity contribution in [3.05, 3.63) is 61.3 Å². The summed E-state index contributed by atoms with van der Waals surface area (Å²) in [5, 5.41) is 21.4. The molecule has 26 heavy (non-hydrogen) atoms. The summed E-state index contributed by atoms with van der Waals surface area (Å²) in [5.41, 5.74) is -5.34. The number of hydrogen-bond donors (Lipinski definition) is 1. The molecule has 0 saturated carbocycles. The Balaban J connectivity index is 2.28. The van der Waals surface area contributed by atoms with Crippen molar-refractivity contribution in [2.45, 2.75) is 12.4 Å². The van der Waals surface area contributed by atoms with Gasteiger partial charge in [0, 0.05) is 24.7 Å². The van der Waals surface area contributed by atoms with Crippen molar-refractivity contribution in [2.24, 2.45) is 7.05 Å². The van der Waals surface area contributed by atoms with Gasteiger partial charge in [0.15, 0.2) is 5.82 Å². The Hall–Kier alpha value is -2.70. The molecule has 1 aromatic heterocycles. The number of halogens is 4. The number of hydroxylamine groups is 2. The molecule has 140 valence electrons. The molecule has 0 fully saturated rings. The predicted molar refractivity (Wildman–Crippen MR) is 77.9 cm³/mol. The monoisotopic (exact) mass is 376 g/mol. The van der Waals surface area contributed by atoms with Crippen LogP contribution in [0.15, 0.2) is 27.8 Å². The fraction of sp³-hybridized carbons (Fsp3) is 0.286. The number of aliphatic hydroxyl groups excluding tert-OH is 1. The van der Waals surface area contributed by atoms with Gasteiger partial charge in [0.2, 0.25) is 0 Å². The van der Waals surface area contributed by atoms with Crippen molar-refractivity contribution in [3.8, 4) is 11.4 Å². The number of rotatable bonds is 1. The van der Waals surface area contributed by atoms with Gasteiger partial charge in [-0.1, -0.05) is 0 Å². The predicted octanol–water partition coefficient (Wildman–Crippen LogP) is 0.835. The van der Waals surface area contributed by atoms with Crippen molar-refractivity contribution in [2.75, 3.05) is 6.73 Å². The summed E-state index contributed by atoms with van der Waals surface area (Å²) < 4.78 is 58.2. The number of benzene rings is 1. The topological polar surface area (TPSA) is 99.8 Å². The zero-order valence-corrected chi connectivity index (χ0v) is 13.0. The normalized spacial score (nSPS) is 17.7. The van der Waals surface area contributed by atoms with Gasteiger partial charge in [0.05, 0.1) is 5.69 Å². The molecule has 2 heterocycles. The number of hydrogen-bond acceptors (Lipinski definition) is 6. The first-order valence-electron chi connectivity index (χ1n) is 7.01. The second-order valence-electron chi connectivity index (χ2n) is 5.45. The van der Waals surface area contributed by atoms with Crippen LogP contribution in [-0.2, 0) is 13.2 Å². The fourth-order valence-electron chi connectivity index (χ4n) is 2.54. The van der Waals surface area contributed by atoms with Gasteiger partial charge in [-0.05, 0) is 6.07 Å². The highest BCUT2D eigenvalue weighted by molar-refractivity contribution is 5.47. The number of ether oxygens (including phenoxy) is 1. The molecule has 1 aromatic carbocycles. The van der Waals surface area contributed by atoms with Crippen LogP contribution in [0.3, 0.4) is 0 Å². The third-order valence-electron chi connectivity index (χ3n) is 3.83. The van der Waals surface area contributed by atoms with E-state index in [0.717, 1.165) is 19.2 Å². The Bertz CT molecular complexity index is 998. The Morgan fingerprint density at radius 1 is 1.27 bits per heavy atom. The first-order valence-corrected chi connectivity index (χ1v) is 7.01. The van der Waals surface area contributed by atoms with Crippen LogP contribution < -0.4 is 16.0 Å². The first kappa shape index (κ1) is 18.1. The number of fused-ring (bicyclic) bond motifs is 1. The van der Waals surface area contributed by atoms with E-state index in [1.54, 1.807) is 0 Å². The second-order valence-corrected chi connectivity index (χ2v) is 5.45. The Kier molecular flexibility index (Phi) is 4.13. The molecule has 0 saturated heterocycles. The smallest absolute Gasteiger partial charge is 0.431 e. The summed E-state index contributed by atoms with van der Waals surface area (Å²) in [7, 11) is 0.773. The van der Waals surface area contributed by atoms with Crippen LogP contribution in [0.4, 0.5) is 17.6 Å². The second kappa shape index (κ2) is 5.93. The molecule has 1 aliphatic rings. The highest BCUT2D eigenvalue weighted by Crippen LogP contribution is 2.34. The summed E-state index contributed by atoms with van der Waals surface area (Å²) in [6.07, 6.45) is -6.72. The summed E-state index contributed by atoms with van der Waals surface area (Å²) in [6.45, 7) is -0.574. The fourth-order valence-corrected chi connectivity index (χ4v) is 2.54. The van der Waals surface area contributed by atoms with E-state index < -0.39 is 47.6 Å². The quantitative estimate of drug-likeness (QED) is 0.741. The molecule has 1 atom stereocenters. The lowest BCUT2D eigenvalue weighted by Crippen LogP contribution is -2.41. The van der Waals surface area contributed by atoms with E-state index in [1.165, 1.54) is 0 Å². The molecule has 0 amide bonds. The van der Waals surface area contributed by atoms with E-state index in [4.69, 9.17) is 4.74 Å². The molecule has 12 heteroatoms. The van der Waals surface area contributed by atoms with Gasteiger partial charge in [-0.3, -0.25) is 9.36 Å². The molecule has 1 unspecified atom stereocenters. The summed E-state index contributed by atoms with van der Waals surface area (Å²) in [4.78, 5) is 24.3. The Morgan fingerprint density at radius 2 is 1.92 bits per heavy atom. The van der Waals surface area contributed by atoms with Gasteiger partial charge in [-0.2, -0.15) is 13.2 Å². The molecule has 2 aromatic rings. The first-order chi connectivity index (χ1) is 12.0. The third kappa shape index (κ3) is 2.77. The summed E-state index contributed by atoms with van der Waals surface area (Å²) in [6, 6.07) is 1.67. The summed E-state index contributed by atoms with van der Waals surface area (Å²) in [5.74, 6) is -1.35. The van der Waals surface area contributed by atoms with Gasteiger partial charge in [-0.25, -0.2) is 13.8 Å². The lowest BCUT2D eigenvalue weighted by molar-refractivity contribution is -0.144. The zero-order valence-electron chi connectivity index (χ0n) is 13.0. The lowest BCUT2D eigenvalue weighted by atomic mass is 10.1. The van der Waals surface area contributed by atoms with Gasteiger partial charge in [0.1, 0.15) is 24.4 Å². The molecule has 1 aliphatic heterocycles. The van der Waals surface area contributed by atoms with Crippen LogP contribution in [0.1, 0.15) is 17.5 Å². The average molecular weight is 376 g/mol. The molecular formula is C14H10F4N3O5-. The lowest BCUT2D eigenvalue weighted by Gasteiger charge is -2.38. The van der Waals surface area contributed by atoms with E-state index in [0.29, 0.717) is 0 Å². The molecule has 0 aliphatic carbocycles. The maximum absolute atomic E-state index is 14.3. The molecule has 1 N–H and O–H groups in total. The van der Waals surface area contributed by atoms with Crippen LogP contribution in [0.5, 0.6) is 5.75 Å². The molecule has 0 bridgehead atoms. The number of aromatic nitrogens is 2. The van der Waals surface area contributed by atoms with Crippen molar-refractivity contribution in [1.82, 2.24) is 14.2 Å². The molecule has 0 spiro atoms. The number of aliphatic hydroxyl groups is 1. The maximum Gasteiger partial charge on any atom is 0.431 e. The zero-order chi connectivity index (χ0) is 19.4. The molecular weight excluding hydrogens is 366 g/mol. The molecule has 0 radical (unpaired) electrons. The minimum Gasteiger partial charge on any atom is -0.781 e. The SMILES string of the molecule is Cn1c(C(F)(F)F)cc(=O)n(-c2cc3c(cc2F)OCN([O-])C3O)c1=O. The molecule has 8 nitrogen and oxygen atoms in total. The standard InChI is InChI=1S/C14H10F4N3O5/c1-19-10(14(16,17)18)4-11(22)21(13(19)24)8-2-6-9(3-7(8)15)26-5-20(25)12(6)23/h2-4,12,23H,5H2,1H3/q-1. The van der Waals surface area contributed by atoms with Crippen molar-refractivity contribution < 1.29 is 27.4 Å². The molecule has 3 rings (SSSR count). The van der Waals surface area contributed by atoms with Crippen LogP contribution in [0, 0.1) is 11.0 Å². The maximum atomic E-state index is 14.3. The Morgan fingerprint density at radius 3 is 2.54 bits per heavy atom. The van der Waals surface area contributed by atoms with E-state index in [9.17, 15) is 37.5 Å². The number of alkyl halides is 3. The van der Waals surface area contributed by atoms with E-state index in [1.807, 2.05) is 0 Å². The van der Waals surface area contributed by atoms with Crippen LogP contribution in [0.25, 0.3) is 5.69 Å². The highest BCUT2D eigenvalue weighted by atomic mass is 19.4. The number of nitrogens with zero attached hydrogens (tertiary/aromatic N) is 3. The van der Waals surface area contributed by atoms with E-state index in [2.05, 4.69) is 0 Å². The minimum absolute atomic E-state index is 0.109. The van der Waals surface area contributed by atoms with Gasteiger partial charge < -0.3 is 20.1 Å². The van der Waals surface area contributed by atoms with Gasteiger partial charge in [-0.15, -0.1) is 0 Å². The van der Waals surface area contributed by atoms with Crippen molar-refractivity contribution in [1.29, 1.82) is 0 Å². The Labute approximate surface area is 141 Å². The van der Waals surface area contributed by atoms with Crippen LogP contribution in [0.2, 0.25) is 0 Å². The van der Waals surface area contributed by atoms with Crippen molar-refractivity contribution >= 4 is 0 Å². The van der Waals surface area contributed by atoms with Crippen LogP contribution >= 0.6 is 0 Å². The summed E-state index contributed by atoms with van der Waals surface area (Å²) >= 11 is 0. The third-order valence-corrected chi connectivity index (χ3v) is 3.83. The van der Waals surface area contributed by atoms with Gasteiger partial charge in [0.25, 0.3) is 5.56 Å². The van der Waals surface area contributed by atoms with Crippen molar-refractivity contribution in [3.63, 3.8) is 0 Å². The minimum atomic E-state index is -4.96. The highest BCUT2D eigenvalue weighted by Gasteiger charge is 2.35.